The third kappa shape index (κ3) is 10.4. The number of likely N-dealkylation sites (tertiary alicyclic amines) is 1. The van der Waals surface area contributed by atoms with Gasteiger partial charge in [0.2, 0.25) is 0 Å². The van der Waals surface area contributed by atoms with E-state index in [2.05, 4.69) is 15.5 Å². The zero-order chi connectivity index (χ0) is 25.6. The number of aliphatic hydroxyl groups excluding tert-OH is 1. The van der Waals surface area contributed by atoms with E-state index in [0.29, 0.717) is 44.0 Å². The molecule has 1 aromatic rings. The molecule has 0 bridgehead atoms. The van der Waals surface area contributed by atoms with Gasteiger partial charge in [-0.15, -0.1) is 0 Å². The van der Waals surface area contributed by atoms with Crippen LogP contribution in [0, 0.1) is 11.8 Å². The standard InChI is InChI=1S/C26H43N3O6/c1-19(2)20(16-22(28-26(32)33)23(30)18-29-12-7-4-8-13-29)17-27-25(31)21-10-5-6-11-24(21)35-15-9-14-34-3/h5-6,10-11,19-20,22-23,28,30H,4,7-9,12-18H2,1-3H3,(H,27,31)(H,32,33)/t20?,22?,23-/m0/s1. The number of aliphatic hydroxyl groups is 1. The lowest BCUT2D eigenvalue weighted by molar-refractivity contribution is 0.0592. The monoisotopic (exact) mass is 493 g/mol. The highest BCUT2D eigenvalue weighted by Gasteiger charge is 2.29. The Morgan fingerprint density at radius 3 is 2.49 bits per heavy atom. The van der Waals surface area contributed by atoms with Crippen molar-refractivity contribution < 1.29 is 29.3 Å². The Bertz CT molecular complexity index is 769. The fraction of sp³-hybridized carbons (Fsp3) is 0.692. The first-order valence-corrected chi connectivity index (χ1v) is 12.7. The van der Waals surface area contributed by atoms with Crippen molar-refractivity contribution in [3.63, 3.8) is 0 Å². The van der Waals surface area contributed by atoms with Gasteiger partial charge in [-0.1, -0.05) is 32.4 Å². The molecule has 2 amide bonds. The molecule has 1 saturated heterocycles. The van der Waals surface area contributed by atoms with Crippen LogP contribution < -0.4 is 15.4 Å². The number of nitrogens with one attached hydrogen (secondary N) is 2. The number of benzene rings is 1. The summed E-state index contributed by atoms with van der Waals surface area (Å²) in [6.07, 6.45) is 2.57. The SMILES string of the molecule is COCCCOc1ccccc1C(=O)NCC(CC(NC(=O)O)[C@@H](O)CN1CCCCC1)C(C)C. The Labute approximate surface area is 209 Å². The van der Waals surface area contributed by atoms with Gasteiger partial charge in [0.05, 0.1) is 24.3 Å². The van der Waals surface area contributed by atoms with Gasteiger partial charge < -0.3 is 35.2 Å². The van der Waals surface area contributed by atoms with Crippen LogP contribution in [-0.4, -0.2) is 85.8 Å². The summed E-state index contributed by atoms with van der Waals surface area (Å²) in [5.74, 6) is 0.428. The van der Waals surface area contributed by atoms with E-state index in [1.807, 2.05) is 19.9 Å². The summed E-state index contributed by atoms with van der Waals surface area (Å²) in [5.41, 5.74) is 0.456. The molecule has 0 aromatic heterocycles. The van der Waals surface area contributed by atoms with Crippen molar-refractivity contribution in [3.8, 4) is 5.75 Å². The smallest absolute Gasteiger partial charge is 0.404 e. The number of β-amino-alcohol motifs (C(OH)–C–C–N with tert-alkyl or cyclic N) is 1. The zero-order valence-corrected chi connectivity index (χ0v) is 21.4. The molecule has 0 spiro atoms. The van der Waals surface area contributed by atoms with Crippen LogP contribution in [0.1, 0.15) is 56.3 Å². The van der Waals surface area contributed by atoms with Gasteiger partial charge in [0.1, 0.15) is 5.75 Å². The molecule has 1 aromatic carbocycles. The largest absolute Gasteiger partial charge is 0.493 e. The summed E-state index contributed by atoms with van der Waals surface area (Å²) in [5, 5.41) is 25.7. The number of piperidine rings is 1. The van der Waals surface area contributed by atoms with Crippen molar-refractivity contribution in [2.24, 2.45) is 11.8 Å². The highest BCUT2D eigenvalue weighted by molar-refractivity contribution is 5.96. The van der Waals surface area contributed by atoms with E-state index in [-0.39, 0.29) is 17.7 Å². The highest BCUT2D eigenvalue weighted by Crippen LogP contribution is 2.22. The van der Waals surface area contributed by atoms with Gasteiger partial charge in [0, 0.05) is 33.2 Å². The van der Waals surface area contributed by atoms with E-state index in [0.717, 1.165) is 32.4 Å². The maximum atomic E-state index is 13.0. The van der Waals surface area contributed by atoms with E-state index < -0.39 is 18.2 Å². The minimum Gasteiger partial charge on any atom is -0.493 e. The van der Waals surface area contributed by atoms with Crippen molar-refractivity contribution in [2.75, 3.05) is 46.5 Å². The first-order valence-electron chi connectivity index (χ1n) is 12.7. The molecule has 1 fully saturated rings. The molecule has 1 aliphatic heterocycles. The summed E-state index contributed by atoms with van der Waals surface area (Å²) in [4.78, 5) is 26.6. The predicted octanol–water partition coefficient (Wildman–Crippen LogP) is 2.98. The number of nitrogens with zero attached hydrogens (tertiary/aromatic N) is 1. The van der Waals surface area contributed by atoms with Crippen molar-refractivity contribution in [1.82, 2.24) is 15.5 Å². The van der Waals surface area contributed by atoms with Gasteiger partial charge in [0.25, 0.3) is 5.91 Å². The molecule has 2 rings (SSSR count). The number of para-hydroxylation sites is 1. The fourth-order valence-corrected chi connectivity index (χ4v) is 4.41. The summed E-state index contributed by atoms with van der Waals surface area (Å²) in [6.45, 7) is 7.76. The second-order valence-corrected chi connectivity index (χ2v) is 9.63. The first kappa shape index (κ1) is 28.9. The van der Waals surface area contributed by atoms with E-state index in [4.69, 9.17) is 9.47 Å². The molecule has 198 valence electrons. The van der Waals surface area contributed by atoms with E-state index in [9.17, 15) is 19.8 Å². The van der Waals surface area contributed by atoms with E-state index >= 15 is 0 Å². The van der Waals surface area contributed by atoms with Crippen LogP contribution in [0.15, 0.2) is 24.3 Å². The molecule has 4 N–H and O–H groups in total. The zero-order valence-electron chi connectivity index (χ0n) is 21.4. The van der Waals surface area contributed by atoms with E-state index in [1.165, 1.54) is 6.42 Å². The topological polar surface area (TPSA) is 120 Å². The number of amides is 2. The van der Waals surface area contributed by atoms with Gasteiger partial charge in [-0.05, 0) is 56.3 Å². The minimum absolute atomic E-state index is 0.0263. The van der Waals surface area contributed by atoms with Crippen LogP contribution >= 0.6 is 0 Å². The molecule has 1 aliphatic rings. The molecule has 2 unspecified atom stereocenters. The number of ether oxygens (including phenoxy) is 2. The number of hydrogen-bond acceptors (Lipinski definition) is 6. The number of carbonyl (C=O) groups excluding carboxylic acids is 1. The molecule has 9 heteroatoms. The van der Waals surface area contributed by atoms with Crippen LogP contribution in [0.25, 0.3) is 0 Å². The van der Waals surface area contributed by atoms with Gasteiger partial charge in [-0.25, -0.2) is 4.79 Å². The number of carbonyl (C=O) groups is 2. The summed E-state index contributed by atoms with van der Waals surface area (Å²) >= 11 is 0. The minimum atomic E-state index is -1.15. The maximum absolute atomic E-state index is 13.0. The summed E-state index contributed by atoms with van der Waals surface area (Å²) < 4.78 is 10.8. The van der Waals surface area contributed by atoms with Crippen LogP contribution in [-0.2, 0) is 4.74 Å². The Kier molecular flexibility index (Phi) is 12.9. The van der Waals surface area contributed by atoms with Gasteiger partial charge in [-0.3, -0.25) is 4.79 Å². The third-order valence-corrected chi connectivity index (χ3v) is 6.57. The fourth-order valence-electron chi connectivity index (χ4n) is 4.41. The van der Waals surface area contributed by atoms with Crippen molar-refractivity contribution in [3.05, 3.63) is 29.8 Å². The molecule has 3 atom stereocenters. The van der Waals surface area contributed by atoms with Gasteiger partial charge in [0.15, 0.2) is 0 Å². The first-order chi connectivity index (χ1) is 16.8. The molecule has 35 heavy (non-hydrogen) atoms. The normalized spacial score (nSPS) is 16.9. The average Bonchev–Trinajstić information content (AvgIpc) is 2.84. The molecule has 9 nitrogen and oxygen atoms in total. The van der Waals surface area contributed by atoms with Crippen LogP contribution in [0.4, 0.5) is 4.79 Å². The average molecular weight is 494 g/mol. The molecule has 0 saturated carbocycles. The molecule has 0 aliphatic carbocycles. The lowest BCUT2D eigenvalue weighted by Gasteiger charge is -2.34. The Hall–Kier alpha value is -2.36. The Balaban J connectivity index is 1.99. The quantitative estimate of drug-likeness (QED) is 0.277. The van der Waals surface area contributed by atoms with Crippen LogP contribution in [0.2, 0.25) is 0 Å². The molecular weight excluding hydrogens is 450 g/mol. The second kappa shape index (κ2) is 15.6. The van der Waals surface area contributed by atoms with Crippen molar-refractivity contribution in [1.29, 1.82) is 0 Å². The molecule has 0 radical (unpaired) electrons. The number of rotatable bonds is 15. The Morgan fingerprint density at radius 2 is 1.83 bits per heavy atom. The van der Waals surface area contributed by atoms with Gasteiger partial charge in [-0.2, -0.15) is 0 Å². The highest BCUT2D eigenvalue weighted by atomic mass is 16.5. The number of methoxy groups -OCH3 is 1. The van der Waals surface area contributed by atoms with Gasteiger partial charge >= 0.3 is 6.09 Å². The van der Waals surface area contributed by atoms with Crippen molar-refractivity contribution >= 4 is 12.0 Å². The second-order valence-electron chi connectivity index (χ2n) is 9.63. The van der Waals surface area contributed by atoms with E-state index in [1.54, 1.807) is 25.3 Å². The third-order valence-electron chi connectivity index (χ3n) is 6.57. The van der Waals surface area contributed by atoms with Crippen molar-refractivity contribution in [2.45, 2.75) is 58.1 Å². The lowest BCUT2D eigenvalue weighted by atomic mass is 9.87. The summed E-state index contributed by atoms with van der Waals surface area (Å²) in [7, 11) is 1.63. The van der Waals surface area contributed by atoms with Crippen LogP contribution in [0.3, 0.4) is 0 Å². The predicted molar refractivity (Wildman–Crippen MR) is 135 cm³/mol. The summed E-state index contributed by atoms with van der Waals surface area (Å²) in [6, 6.07) is 6.50. The van der Waals surface area contributed by atoms with Crippen LogP contribution in [0.5, 0.6) is 5.75 Å². The lowest BCUT2D eigenvalue weighted by Crippen LogP contribution is -2.50. The number of carboxylic acid groups (broad SMARTS) is 1. The molecule has 1 heterocycles. The molecular formula is C26H43N3O6. The maximum Gasteiger partial charge on any atom is 0.404 e. The Morgan fingerprint density at radius 1 is 1.11 bits per heavy atom. The number of hydrogen-bond donors (Lipinski definition) is 4.